The third kappa shape index (κ3) is 6.34. The maximum absolute atomic E-state index is 14.8. The lowest BCUT2D eigenvalue weighted by Gasteiger charge is -2.20. The summed E-state index contributed by atoms with van der Waals surface area (Å²) in [7, 11) is 0. The van der Waals surface area contributed by atoms with Gasteiger partial charge in [-0.2, -0.15) is 0 Å². The van der Waals surface area contributed by atoms with Gasteiger partial charge in [0.05, 0.1) is 22.5 Å². The molecule has 0 bridgehead atoms. The van der Waals surface area contributed by atoms with Crippen LogP contribution in [0.25, 0.3) is 4.91 Å². The summed E-state index contributed by atoms with van der Waals surface area (Å²) in [4.78, 5) is 29.3. The Bertz CT molecular complexity index is 1120. The van der Waals surface area contributed by atoms with Gasteiger partial charge in [-0.05, 0) is 51.5 Å². The number of nitrogens with zero attached hydrogens (tertiary/aromatic N) is 1. The molecule has 2 atom stereocenters. The normalized spacial score (nSPS) is 18.4. The van der Waals surface area contributed by atoms with Gasteiger partial charge in [0.25, 0.3) is 5.91 Å². The molecule has 1 aromatic heterocycles. The smallest absolute Gasteiger partial charge is 0.270 e. The van der Waals surface area contributed by atoms with Gasteiger partial charge in [-0.1, -0.05) is 36.0 Å². The molecule has 182 valence electrons. The largest absolute Gasteiger partial charge is 0.389 e. The Morgan fingerprint density at radius 3 is 2.47 bits per heavy atom. The first-order valence-electron chi connectivity index (χ1n) is 10.7. The third-order valence-electron chi connectivity index (χ3n) is 5.13. The number of amides is 2. The van der Waals surface area contributed by atoms with Crippen LogP contribution in [0.4, 0.5) is 10.2 Å². The van der Waals surface area contributed by atoms with E-state index in [1.807, 2.05) is 0 Å². The van der Waals surface area contributed by atoms with E-state index in [-0.39, 0.29) is 12.2 Å². The van der Waals surface area contributed by atoms with Crippen LogP contribution < -0.4 is 16.4 Å². The monoisotopic (exact) mass is 488 g/mol. The zero-order valence-corrected chi connectivity index (χ0v) is 20.2. The van der Waals surface area contributed by atoms with Gasteiger partial charge in [-0.25, -0.2) is 9.37 Å². The predicted octanol–water partition coefficient (Wildman–Crippen LogP) is 2.58. The fourth-order valence-electron chi connectivity index (χ4n) is 3.27. The Hall–Kier alpha value is -2.95. The second-order valence-corrected chi connectivity index (χ2v) is 10.5. The van der Waals surface area contributed by atoms with Crippen LogP contribution in [0.15, 0.2) is 42.5 Å². The number of carbonyl (C=O) groups excluding carboxylic acids is 2. The number of aromatic nitrogens is 1. The summed E-state index contributed by atoms with van der Waals surface area (Å²) in [5, 5.41) is 25.1. The minimum absolute atomic E-state index is 0.0541. The lowest BCUT2D eigenvalue weighted by molar-refractivity contribution is -0.120. The number of hydrogen-bond donors (Lipinski definition) is 5. The zero-order valence-electron chi connectivity index (χ0n) is 19.4. The number of thioether (sulfide) groups is 1. The number of nitrogens with one attached hydrogen (secondary N) is 2. The molecule has 0 fully saturated rings. The number of aliphatic hydroxyl groups is 2. The van der Waals surface area contributed by atoms with Gasteiger partial charge in [0, 0.05) is 17.0 Å². The molecule has 2 aromatic rings. The minimum Gasteiger partial charge on any atom is -0.389 e. The van der Waals surface area contributed by atoms with E-state index in [9.17, 15) is 24.2 Å². The summed E-state index contributed by atoms with van der Waals surface area (Å²) in [6, 6.07) is 9.28. The second-order valence-electron chi connectivity index (χ2n) is 9.30. The van der Waals surface area contributed by atoms with Crippen molar-refractivity contribution in [3.8, 4) is 0 Å². The summed E-state index contributed by atoms with van der Waals surface area (Å²) in [6.45, 7) is 6.34. The molecule has 8 nitrogen and oxygen atoms in total. The highest BCUT2D eigenvalue weighted by atomic mass is 32.2. The van der Waals surface area contributed by atoms with E-state index in [1.165, 1.54) is 23.9 Å². The van der Waals surface area contributed by atoms with E-state index < -0.39 is 40.1 Å². The third-order valence-corrected chi connectivity index (χ3v) is 6.41. The molecule has 0 spiro atoms. The van der Waals surface area contributed by atoms with Crippen molar-refractivity contribution in [2.45, 2.75) is 44.3 Å². The molecule has 2 amide bonds. The molecule has 0 saturated heterocycles. The van der Waals surface area contributed by atoms with Crippen LogP contribution in [0.2, 0.25) is 0 Å². The first kappa shape index (κ1) is 25.7. The van der Waals surface area contributed by atoms with Crippen molar-refractivity contribution in [2.75, 3.05) is 11.9 Å². The summed E-state index contributed by atoms with van der Waals surface area (Å²) in [6.07, 6.45) is 1.60. The fraction of sp³-hybridized carbons (Fsp3) is 0.375. The van der Waals surface area contributed by atoms with E-state index in [4.69, 9.17) is 5.73 Å². The number of hydrogen-bond acceptors (Lipinski definition) is 7. The van der Waals surface area contributed by atoms with Crippen molar-refractivity contribution in [1.29, 1.82) is 0 Å². The van der Waals surface area contributed by atoms with Crippen molar-refractivity contribution in [3.63, 3.8) is 0 Å². The van der Waals surface area contributed by atoms with Crippen molar-refractivity contribution in [3.05, 3.63) is 65.1 Å². The van der Waals surface area contributed by atoms with Gasteiger partial charge in [-0.15, -0.1) is 0 Å². The number of halogens is 1. The van der Waals surface area contributed by atoms with E-state index >= 15 is 0 Å². The Kier molecular flexibility index (Phi) is 7.35. The van der Waals surface area contributed by atoms with Gasteiger partial charge in [0.1, 0.15) is 17.3 Å². The standard InChI is InChI=1S/C24H29FN4O4S/c1-23(2,32)12-27-21(31)17-6-5-7-19(28-17)29-22-15(20(26)30)11-18(34-22)14-9-8-13(10-16(14)25)24(3,4)33/h5-11,15,22,32-33H,12H2,1-4H3,(H2,26,30)(H,27,31)(H,28,29). The molecule has 1 aromatic carbocycles. The van der Waals surface area contributed by atoms with Crippen molar-refractivity contribution >= 4 is 34.3 Å². The van der Waals surface area contributed by atoms with Crippen molar-refractivity contribution < 1.29 is 24.2 Å². The molecule has 2 heterocycles. The SMILES string of the molecule is CC(C)(O)CNC(=O)c1cccc(NC2SC(c3ccc(C(C)(C)O)cc3F)=CC2C(N)=O)n1. The number of rotatable bonds is 8. The van der Waals surface area contributed by atoms with Gasteiger partial charge in [-0.3, -0.25) is 9.59 Å². The number of anilines is 1. The average Bonchev–Trinajstić information content (AvgIpc) is 3.14. The number of primary amides is 1. The summed E-state index contributed by atoms with van der Waals surface area (Å²) >= 11 is 1.22. The molecule has 1 aliphatic rings. The quantitative estimate of drug-likeness (QED) is 0.385. The van der Waals surface area contributed by atoms with Crippen LogP contribution in [0, 0.1) is 11.7 Å². The lowest BCUT2D eigenvalue weighted by atomic mass is 9.96. The average molecular weight is 489 g/mol. The maximum atomic E-state index is 14.8. The van der Waals surface area contributed by atoms with Crippen LogP contribution in [0.1, 0.15) is 49.3 Å². The first-order valence-corrected chi connectivity index (χ1v) is 11.6. The molecule has 10 heteroatoms. The van der Waals surface area contributed by atoms with Gasteiger partial charge < -0.3 is 26.6 Å². The summed E-state index contributed by atoms with van der Waals surface area (Å²) in [5.41, 5.74) is 4.19. The van der Waals surface area contributed by atoms with Crippen LogP contribution in [0.3, 0.4) is 0 Å². The summed E-state index contributed by atoms with van der Waals surface area (Å²) < 4.78 is 14.8. The highest BCUT2D eigenvalue weighted by molar-refractivity contribution is 8.09. The van der Waals surface area contributed by atoms with E-state index in [0.29, 0.717) is 21.8 Å². The number of benzene rings is 1. The van der Waals surface area contributed by atoms with Crippen molar-refractivity contribution in [1.82, 2.24) is 10.3 Å². The highest BCUT2D eigenvalue weighted by Gasteiger charge is 2.34. The molecule has 0 radical (unpaired) electrons. The van der Waals surface area contributed by atoms with E-state index in [1.54, 1.807) is 58.0 Å². The molecule has 3 rings (SSSR count). The lowest BCUT2D eigenvalue weighted by Crippen LogP contribution is -2.38. The molecule has 0 aliphatic carbocycles. The topological polar surface area (TPSA) is 138 Å². The number of carbonyl (C=O) groups is 2. The Morgan fingerprint density at radius 1 is 1.18 bits per heavy atom. The highest BCUT2D eigenvalue weighted by Crippen LogP contribution is 2.43. The predicted molar refractivity (Wildman–Crippen MR) is 130 cm³/mol. The minimum atomic E-state index is -1.19. The molecule has 1 aliphatic heterocycles. The number of pyridine rings is 1. The zero-order chi connectivity index (χ0) is 25.3. The fourth-order valence-corrected chi connectivity index (χ4v) is 4.60. The summed E-state index contributed by atoms with van der Waals surface area (Å²) in [5.74, 6) is -1.97. The van der Waals surface area contributed by atoms with Gasteiger partial charge in [0.2, 0.25) is 5.91 Å². The van der Waals surface area contributed by atoms with Crippen LogP contribution >= 0.6 is 11.8 Å². The molecular weight excluding hydrogens is 459 g/mol. The van der Waals surface area contributed by atoms with Crippen molar-refractivity contribution in [2.24, 2.45) is 11.7 Å². The second kappa shape index (κ2) is 9.73. The Balaban J connectivity index is 1.78. The molecular formula is C24H29FN4O4S. The molecule has 0 saturated carbocycles. The van der Waals surface area contributed by atoms with Gasteiger partial charge >= 0.3 is 0 Å². The van der Waals surface area contributed by atoms with Crippen LogP contribution in [0.5, 0.6) is 0 Å². The van der Waals surface area contributed by atoms with E-state index in [0.717, 1.165) is 0 Å². The first-order chi connectivity index (χ1) is 15.7. The number of nitrogens with two attached hydrogens (primary N) is 1. The van der Waals surface area contributed by atoms with Crippen LogP contribution in [-0.4, -0.2) is 44.5 Å². The Labute approximate surface area is 201 Å². The molecule has 34 heavy (non-hydrogen) atoms. The van der Waals surface area contributed by atoms with E-state index in [2.05, 4.69) is 15.6 Å². The van der Waals surface area contributed by atoms with Crippen LogP contribution in [-0.2, 0) is 10.4 Å². The maximum Gasteiger partial charge on any atom is 0.270 e. The van der Waals surface area contributed by atoms with Gasteiger partial charge in [0.15, 0.2) is 0 Å². The molecule has 2 unspecified atom stereocenters. The molecule has 6 N–H and O–H groups in total. The Morgan fingerprint density at radius 2 is 1.88 bits per heavy atom.